The molecule has 0 saturated heterocycles. The van der Waals surface area contributed by atoms with Crippen molar-refractivity contribution in [2.75, 3.05) is 19.5 Å². The van der Waals surface area contributed by atoms with Crippen molar-refractivity contribution in [1.82, 2.24) is 5.32 Å². The minimum absolute atomic E-state index is 0.0743. The lowest BCUT2D eigenvalue weighted by atomic mass is 10.1. The van der Waals surface area contributed by atoms with E-state index in [-0.39, 0.29) is 23.1 Å². The van der Waals surface area contributed by atoms with Gasteiger partial charge in [-0.3, -0.25) is 4.79 Å². The Hall–Kier alpha value is -3.66. The number of hydrogen-bond donors (Lipinski definition) is 3. The summed E-state index contributed by atoms with van der Waals surface area (Å²) in [5.41, 5.74) is 1.00. The van der Waals surface area contributed by atoms with Crippen molar-refractivity contribution in [2.45, 2.75) is 13.0 Å². The summed E-state index contributed by atoms with van der Waals surface area (Å²) in [5, 5.41) is 24.5. The molecule has 0 bridgehead atoms. The normalized spacial score (nSPS) is 11.9. The quantitative estimate of drug-likeness (QED) is 0.395. The van der Waals surface area contributed by atoms with Gasteiger partial charge in [0.1, 0.15) is 17.4 Å². The molecule has 0 radical (unpaired) electrons. The van der Waals surface area contributed by atoms with Crippen LogP contribution in [0.15, 0.2) is 54.2 Å². The molecule has 140 valence electrons. The van der Waals surface area contributed by atoms with Crippen LogP contribution in [-0.2, 0) is 4.79 Å². The maximum absolute atomic E-state index is 12.2. The van der Waals surface area contributed by atoms with Crippen LogP contribution in [0.4, 0.5) is 5.69 Å². The van der Waals surface area contributed by atoms with E-state index in [0.29, 0.717) is 11.5 Å². The van der Waals surface area contributed by atoms with Crippen LogP contribution in [0.2, 0.25) is 0 Å². The molecule has 1 amide bonds. The number of ether oxygens (including phenoxy) is 2. The zero-order chi connectivity index (χ0) is 19.8. The molecule has 1 atom stereocenters. The number of benzene rings is 2. The lowest BCUT2D eigenvalue weighted by Gasteiger charge is -2.15. The first kappa shape index (κ1) is 19.7. The maximum atomic E-state index is 12.2. The van der Waals surface area contributed by atoms with Gasteiger partial charge < -0.3 is 25.2 Å². The molecule has 0 aliphatic carbocycles. The number of rotatable bonds is 7. The highest BCUT2D eigenvalue weighted by atomic mass is 16.5. The van der Waals surface area contributed by atoms with E-state index < -0.39 is 5.91 Å². The molecule has 0 aliphatic heterocycles. The summed E-state index contributed by atoms with van der Waals surface area (Å²) < 4.78 is 10.5. The van der Waals surface area contributed by atoms with Crippen molar-refractivity contribution in [3.8, 4) is 23.3 Å². The topological polar surface area (TPSA) is 104 Å². The predicted molar refractivity (Wildman–Crippen MR) is 102 cm³/mol. The van der Waals surface area contributed by atoms with Gasteiger partial charge in [-0.25, -0.2) is 0 Å². The lowest BCUT2D eigenvalue weighted by Crippen LogP contribution is -2.18. The molecule has 7 nitrogen and oxygen atoms in total. The van der Waals surface area contributed by atoms with Crippen molar-refractivity contribution in [3.63, 3.8) is 0 Å². The lowest BCUT2D eigenvalue weighted by molar-refractivity contribution is -0.112. The van der Waals surface area contributed by atoms with Gasteiger partial charge >= 0.3 is 0 Å². The van der Waals surface area contributed by atoms with Crippen molar-refractivity contribution in [1.29, 1.82) is 5.26 Å². The molecular weight excluding hydrogens is 346 g/mol. The smallest absolute Gasteiger partial charge is 0.267 e. The Morgan fingerprint density at radius 1 is 1.19 bits per heavy atom. The van der Waals surface area contributed by atoms with Gasteiger partial charge in [-0.2, -0.15) is 5.26 Å². The molecule has 2 aromatic rings. The van der Waals surface area contributed by atoms with E-state index >= 15 is 0 Å². The SMILES string of the molecule is COc1ccc(C(C)N/C=C(/C#N)C(=O)Nc2ccccc2O)cc1OC. The summed E-state index contributed by atoms with van der Waals surface area (Å²) >= 11 is 0. The number of phenols is 1. The molecule has 2 aromatic carbocycles. The molecule has 0 saturated carbocycles. The second-order valence-electron chi connectivity index (χ2n) is 5.64. The molecule has 7 heteroatoms. The largest absolute Gasteiger partial charge is 0.506 e. The first-order chi connectivity index (χ1) is 13.0. The Balaban J connectivity index is 2.11. The summed E-state index contributed by atoms with van der Waals surface area (Å²) in [4.78, 5) is 12.2. The number of nitrogens with one attached hydrogen (secondary N) is 2. The van der Waals surface area contributed by atoms with Crippen LogP contribution < -0.4 is 20.1 Å². The molecule has 1 unspecified atom stereocenters. The second kappa shape index (κ2) is 9.15. The van der Waals surface area contributed by atoms with Gasteiger partial charge in [-0.1, -0.05) is 18.2 Å². The van der Waals surface area contributed by atoms with Gasteiger partial charge in [0.2, 0.25) is 0 Å². The maximum Gasteiger partial charge on any atom is 0.267 e. The van der Waals surface area contributed by atoms with Gasteiger partial charge in [0.05, 0.1) is 19.9 Å². The van der Waals surface area contributed by atoms with E-state index in [1.54, 1.807) is 38.5 Å². The third-order valence-electron chi connectivity index (χ3n) is 3.90. The second-order valence-corrected chi connectivity index (χ2v) is 5.64. The molecule has 0 heterocycles. The molecule has 27 heavy (non-hydrogen) atoms. The number of carbonyl (C=O) groups excluding carboxylic acids is 1. The molecule has 0 aliphatic rings. The van der Waals surface area contributed by atoms with Gasteiger partial charge in [-0.05, 0) is 36.8 Å². The fourth-order valence-electron chi connectivity index (χ4n) is 2.34. The number of hydrogen-bond acceptors (Lipinski definition) is 6. The van der Waals surface area contributed by atoms with Gasteiger partial charge in [0, 0.05) is 12.2 Å². The summed E-state index contributed by atoms with van der Waals surface area (Å²) in [5.74, 6) is 0.509. The molecule has 0 fully saturated rings. The summed E-state index contributed by atoms with van der Waals surface area (Å²) in [6.45, 7) is 1.88. The highest BCUT2D eigenvalue weighted by Crippen LogP contribution is 2.30. The number of methoxy groups -OCH3 is 2. The third kappa shape index (κ3) is 4.92. The molecule has 2 rings (SSSR count). The van der Waals surface area contributed by atoms with Crippen molar-refractivity contribution in [3.05, 3.63) is 59.8 Å². The minimum Gasteiger partial charge on any atom is -0.506 e. The van der Waals surface area contributed by atoms with Gasteiger partial charge in [0.15, 0.2) is 11.5 Å². The van der Waals surface area contributed by atoms with E-state index in [1.807, 2.05) is 25.1 Å². The zero-order valence-corrected chi connectivity index (χ0v) is 15.3. The Kier molecular flexibility index (Phi) is 6.67. The van der Waals surface area contributed by atoms with E-state index in [2.05, 4.69) is 10.6 Å². The van der Waals surface area contributed by atoms with Crippen molar-refractivity contribution in [2.24, 2.45) is 0 Å². The minimum atomic E-state index is -0.619. The zero-order valence-electron chi connectivity index (χ0n) is 15.3. The fourth-order valence-corrected chi connectivity index (χ4v) is 2.34. The van der Waals surface area contributed by atoms with Crippen LogP contribution in [0, 0.1) is 11.3 Å². The monoisotopic (exact) mass is 367 g/mol. The molecule has 0 aromatic heterocycles. The highest BCUT2D eigenvalue weighted by molar-refractivity contribution is 6.07. The van der Waals surface area contributed by atoms with Crippen LogP contribution in [0.3, 0.4) is 0 Å². The number of anilines is 1. The Labute approximate surface area is 157 Å². The first-order valence-electron chi connectivity index (χ1n) is 8.17. The van der Waals surface area contributed by atoms with Gasteiger partial charge in [0.25, 0.3) is 5.91 Å². The Morgan fingerprint density at radius 3 is 2.52 bits per heavy atom. The highest BCUT2D eigenvalue weighted by Gasteiger charge is 2.13. The average molecular weight is 367 g/mol. The van der Waals surface area contributed by atoms with E-state index in [4.69, 9.17) is 9.47 Å². The Bertz CT molecular complexity index is 887. The standard InChI is InChI=1S/C20H21N3O4/c1-13(14-8-9-18(26-2)19(10-14)27-3)22-12-15(11-21)20(25)23-16-6-4-5-7-17(16)24/h4-10,12-13,22,24H,1-3H3,(H,23,25)/b15-12-. The van der Waals surface area contributed by atoms with E-state index in [1.165, 1.54) is 12.3 Å². The number of para-hydroxylation sites is 2. The fraction of sp³-hybridized carbons (Fsp3) is 0.200. The number of nitriles is 1. The Morgan fingerprint density at radius 2 is 1.89 bits per heavy atom. The number of nitrogens with zero attached hydrogens (tertiary/aromatic N) is 1. The first-order valence-corrected chi connectivity index (χ1v) is 8.17. The number of carbonyl (C=O) groups is 1. The molecule has 3 N–H and O–H groups in total. The van der Waals surface area contributed by atoms with Crippen LogP contribution >= 0.6 is 0 Å². The van der Waals surface area contributed by atoms with Crippen LogP contribution in [-0.4, -0.2) is 25.2 Å². The number of amides is 1. The van der Waals surface area contributed by atoms with Crippen LogP contribution in [0.1, 0.15) is 18.5 Å². The number of aromatic hydroxyl groups is 1. The van der Waals surface area contributed by atoms with Crippen molar-refractivity contribution < 1.29 is 19.4 Å². The van der Waals surface area contributed by atoms with E-state index in [9.17, 15) is 15.2 Å². The molecule has 0 spiro atoms. The van der Waals surface area contributed by atoms with Crippen LogP contribution in [0.5, 0.6) is 17.2 Å². The third-order valence-corrected chi connectivity index (χ3v) is 3.90. The predicted octanol–water partition coefficient (Wildman–Crippen LogP) is 3.11. The van der Waals surface area contributed by atoms with Crippen LogP contribution in [0.25, 0.3) is 0 Å². The summed E-state index contributed by atoms with van der Waals surface area (Å²) in [6, 6.07) is 13.4. The van der Waals surface area contributed by atoms with E-state index in [0.717, 1.165) is 5.56 Å². The summed E-state index contributed by atoms with van der Waals surface area (Å²) in [6.07, 6.45) is 1.34. The number of phenolic OH excluding ortho intramolecular Hbond substituents is 1. The van der Waals surface area contributed by atoms with Gasteiger partial charge in [-0.15, -0.1) is 0 Å². The van der Waals surface area contributed by atoms with Crippen molar-refractivity contribution >= 4 is 11.6 Å². The average Bonchev–Trinajstić information content (AvgIpc) is 2.69. The molecular formula is C20H21N3O4. The summed E-state index contributed by atoms with van der Waals surface area (Å²) in [7, 11) is 3.11.